The second-order valence-corrected chi connectivity index (χ2v) is 4.93. The van der Waals surface area contributed by atoms with Crippen molar-refractivity contribution in [3.63, 3.8) is 0 Å². The molecule has 0 radical (unpaired) electrons. The number of carbonyl (C=O) groups excluding carboxylic acids is 2. The van der Waals surface area contributed by atoms with Crippen LogP contribution in [0, 0.1) is 0 Å². The molecule has 0 bridgehead atoms. The molecule has 2 rings (SSSR count). The van der Waals surface area contributed by atoms with Crippen molar-refractivity contribution in [2.45, 2.75) is 19.3 Å². The van der Waals surface area contributed by atoms with Crippen LogP contribution in [0.4, 0.5) is 5.69 Å². The first-order chi connectivity index (χ1) is 10.7. The van der Waals surface area contributed by atoms with E-state index in [0.717, 1.165) is 12.0 Å². The zero-order valence-corrected chi connectivity index (χ0v) is 12.7. The molecule has 0 saturated heterocycles. The fraction of sp³-hybridized carbons (Fsp3) is 0.222. The van der Waals surface area contributed by atoms with Crippen LogP contribution in [0.5, 0.6) is 0 Å². The van der Waals surface area contributed by atoms with E-state index in [1.807, 2.05) is 37.3 Å². The quantitative estimate of drug-likeness (QED) is 0.858. The largest absolute Gasteiger partial charge is 0.465 e. The first kappa shape index (κ1) is 15.8. The minimum Gasteiger partial charge on any atom is -0.465 e. The minimum absolute atomic E-state index is 0.0560. The van der Waals surface area contributed by atoms with Crippen LogP contribution < -0.4 is 5.32 Å². The molecule has 0 spiro atoms. The molecule has 0 aromatic heterocycles. The van der Waals surface area contributed by atoms with Gasteiger partial charge in [0.2, 0.25) is 5.91 Å². The van der Waals surface area contributed by atoms with E-state index in [1.54, 1.807) is 24.3 Å². The summed E-state index contributed by atoms with van der Waals surface area (Å²) in [6.45, 7) is 1.98. The maximum Gasteiger partial charge on any atom is 0.337 e. The Hall–Kier alpha value is -2.62. The van der Waals surface area contributed by atoms with Crippen LogP contribution in [0.15, 0.2) is 54.6 Å². The zero-order valence-electron chi connectivity index (χ0n) is 12.7. The van der Waals surface area contributed by atoms with Gasteiger partial charge in [0.15, 0.2) is 0 Å². The summed E-state index contributed by atoms with van der Waals surface area (Å²) in [6.07, 6.45) is 0.718. The lowest BCUT2D eigenvalue weighted by atomic mass is 9.95. The molecule has 0 saturated carbocycles. The van der Waals surface area contributed by atoms with Crippen molar-refractivity contribution in [1.82, 2.24) is 0 Å². The monoisotopic (exact) mass is 297 g/mol. The van der Waals surface area contributed by atoms with Gasteiger partial charge in [0.25, 0.3) is 0 Å². The van der Waals surface area contributed by atoms with Gasteiger partial charge in [-0.15, -0.1) is 0 Å². The summed E-state index contributed by atoms with van der Waals surface area (Å²) in [4.78, 5) is 23.8. The van der Waals surface area contributed by atoms with Crippen molar-refractivity contribution in [1.29, 1.82) is 0 Å². The van der Waals surface area contributed by atoms with Gasteiger partial charge >= 0.3 is 5.97 Å². The number of methoxy groups -OCH3 is 1. The number of carbonyl (C=O) groups is 2. The highest BCUT2D eigenvalue weighted by Gasteiger charge is 2.18. The van der Waals surface area contributed by atoms with Gasteiger partial charge < -0.3 is 10.1 Å². The summed E-state index contributed by atoms with van der Waals surface area (Å²) in [5, 5.41) is 2.88. The van der Waals surface area contributed by atoms with Gasteiger partial charge in [-0.05, 0) is 36.2 Å². The molecule has 0 aliphatic carbocycles. The SMILES string of the molecule is CC[C@@H](C(=O)Nc1ccc(C(=O)OC)cc1)c1ccccc1. The van der Waals surface area contributed by atoms with Gasteiger partial charge in [0.1, 0.15) is 0 Å². The van der Waals surface area contributed by atoms with Gasteiger partial charge in [0.05, 0.1) is 18.6 Å². The lowest BCUT2D eigenvalue weighted by Crippen LogP contribution is -2.20. The third-order valence-corrected chi connectivity index (χ3v) is 3.50. The Labute approximate surface area is 130 Å². The van der Waals surface area contributed by atoms with Crippen LogP contribution in [0.1, 0.15) is 35.2 Å². The second-order valence-electron chi connectivity index (χ2n) is 4.93. The van der Waals surface area contributed by atoms with E-state index < -0.39 is 5.97 Å². The molecular formula is C18H19NO3. The van der Waals surface area contributed by atoms with Crippen molar-refractivity contribution in [3.05, 3.63) is 65.7 Å². The molecule has 1 amide bonds. The second kappa shape index (κ2) is 7.41. The summed E-state index contributed by atoms with van der Waals surface area (Å²) in [5.74, 6) is -0.644. The highest BCUT2D eigenvalue weighted by molar-refractivity contribution is 5.96. The lowest BCUT2D eigenvalue weighted by molar-refractivity contribution is -0.117. The molecule has 4 nitrogen and oxygen atoms in total. The maximum atomic E-state index is 12.4. The average molecular weight is 297 g/mol. The molecule has 0 aliphatic heterocycles. The van der Waals surface area contributed by atoms with Gasteiger partial charge in [-0.3, -0.25) is 4.79 Å². The van der Waals surface area contributed by atoms with E-state index >= 15 is 0 Å². The molecule has 1 atom stereocenters. The van der Waals surface area contributed by atoms with E-state index in [0.29, 0.717) is 11.3 Å². The molecule has 0 heterocycles. The predicted octanol–water partition coefficient (Wildman–Crippen LogP) is 3.61. The van der Waals surface area contributed by atoms with Crippen molar-refractivity contribution < 1.29 is 14.3 Å². The first-order valence-corrected chi connectivity index (χ1v) is 7.20. The third-order valence-electron chi connectivity index (χ3n) is 3.50. The highest BCUT2D eigenvalue weighted by atomic mass is 16.5. The van der Waals surface area contributed by atoms with Crippen LogP contribution in [-0.4, -0.2) is 19.0 Å². The maximum absolute atomic E-state index is 12.4. The molecule has 0 fully saturated rings. The van der Waals surface area contributed by atoms with Crippen LogP contribution in [0.25, 0.3) is 0 Å². The fourth-order valence-electron chi connectivity index (χ4n) is 2.29. The van der Waals surface area contributed by atoms with Crippen LogP contribution in [0.3, 0.4) is 0 Å². The molecule has 0 unspecified atom stereocenters. The minimum atomic E-state index is -0.395. The number of benzene rings is 2. The number of ether oxygens (including phenoxy) is 1. The Bertz CT molecular complexity index is 635. The number of nitrogens with one attached hydrogen (secondary N) is 1. The van der Waals surface area contributed by atoms with Crippen molar-refractivity contribution >= 4 is 17.6 Å². The number of hydrogen-bond donors (Lipinski definition) is 1. The van der Waals surface area contributed by atoms with Gasteiger partial charge in [-0.1, -0.05) is 37.3 Å². The van der Waals surface area contributed by atoms with Crippen LogP contribution >= 0.6 is 0 Å². The summed E-state index contributed by atoms with van der Waals surface area (Å²) in [5.41, 5.74) is 2.11. The normalized spacial score (nSPS) is 11.5. The smallest absolute Gasteiger partial charge is 0.337 e. The summed E-state index contributed by atoms with van der Waals surface area (Å²) in [7, 11) is 1.34. The van der Waals surface area contributed by atoms with E-state index in [4.69, 9.17) is 0 Å². The topological polar surface area (TPSA) is 55.4 Å². The third kappa shape index (κ3) is 3.73. The Morgan fingerprint density at radius 1 is 1.05 bits per heavy atom. The molecule has 114 valence electrons. The van der Waals surface area contributed by atoms with E-state index in [1.165, 1.54) is 7.11 Å². The zero-order chi connectivity index (χ0) is 15.9. The molecular weight excluding hydrogens is 278 g/mol. The molecule has 22 heavy (non-hydrogen) atoms. The number of esters is 1. The lowest BCUT2D eigenvalue weighted by Gasteiger charge is -2.15. The van der Waals surface area contributed by atoms with Gasteiger partial charge in [-0.2, -0.15) is 0 Å². The average Bonchev–Trinajstić information content (AvgIpc) is 2.56. The Balaban J connectivity index is 2.09. The number of amides is 1. The molecule has 0 aliphatic rings. The van der Waals surface area contributed by atoms with E-state index in [9.17, 15) is 9.59 Å². The van der Waals surface area contributed by atoms with Crippen LogP contribution in [0.2, 0.25) is 0 Å². The number of rotatable bonds is 5. The summed E-state index contributed by atoms with van der Waals surface area (Å²) < 4.78 is 4.64. The number of hydrogen-bond acceptors (Lipinski definition) is 3. The van der Waals surface area contributed by atoms with Gasteiger partial charge in [-0.25, -0.2) is 4.79 Å². The molecule has 4 heteroatoms. The predicted molar refractivity (Wildman–Crippen MR) is 85.9 cm³/mol. The standard InChI is InChI=1S/C18H19NO3/c1-3-16(13-7-5-4-6-8-13)17(20)19-15-11-9-14(10-12-15)18(21)22-2/h4-12,16H,3H2,1-2H3,(H,19,20)/t16-/m1/s1. The first-order valence-electron chi connectivity index (χ1n) is 7.20. The van der Waals surface area contributed by atoms with Crippen molar-refractivity contribution in [2.24, 2.45) is 0 Å². The Kier molecular flexibility index (Phi) is 5.31. The number of anilines is 1. The van der Waals surface area contributed by atoms with E-state index in [-0.39, 0.29) is 11.8 Å². The fourth-order valence-corrected chi connectivity index (χ4v) is 2.29. The Morgan fingerprint density at radius 3 is 2.23 bits per heavy atom. The van der Waals surface area contributed by atoms with Crippen molar-refractivity contribution in [2.75, 3.05) is 12.4 Å². The summed E-state index contributed by atoms with van der Waals surface area (Å²) in [6, 6.07) is 16.3. The summed E-state index contributed by atoms with van der Waals surface area (Å²) >= 11 is 0. The Morgan fingerprint density at radius 2 is 1.68 bits per heavy atom. The van der Waals surface area contributed by atoms with E-state index in [2.05, 4.69) is 10.1 Å². The van der Waals surface area contributed by atoms with Crippen molar-refractivity contribution in [3.8, 4) is 0 Å². The van der Waals surface area contributed by atoms with Gasteiger partial charge in [0, 0.05) is 5.69 Å². The molecule has 2 aromatic rings. The van der Waals surface area contributed by atoms with Crippen LogP contribution in [-0.2, 0) is 9.53 Å². The highest BCUT2D eigenvalue weighted by Crippen LogP contribution is 2.21. The molecule has 2 aromatic carbocycles. The molecule has 1 N–H and O–H groups in total.